The molecule has 2 aromatic heterocycles. The van der Waals surface area contributed by atoms with Crippen LogP contribution in [0.5, 0.6) is 0 Å². The minimum absolute atomic E-state index is 0.0858. The Morgan fingerprint density at radius 2 is 1.94 bits per heavy atom. The average molecular weight is 514 g/mol. The van der Waals surface area contributed by atoms with Crippen LogP contribution in [0.1, 0.15) is 44.0 Å². The molecule has 1 atom stereocenters. The van der Waals surface area contributed by atoms with Gasteiger partial charge < -0.3 is 10.1 Å². The maximum Gasteiger partial charge on any atom is 0.278 e. The minimum Gasteiger partial charge on any atom is -0.357 e. The van der Waals surface area contributed by atoms with Gasteiger partial charge in [-0.2, -0.15) is 0 Å². The molecule has 0 bridgehead atoms. The molecule has 1 N–H and O–H groups in total. The summed E-state index contributed by atoms with van der Waals surface area (Å²) in [4.78, 5) is 30.9. The van der Waals surface area contributed by atoms with Gasteiger partial charge in [0.15, 0.2) is 11.9 Å². The molecule has 1 unspecified atom stereocenters. The molecule has 192 valence electrons. The van der Waals surface area contributed by atoms with Gasteiger partial charge in [0, 0.05) is 33.0 Å². The number of rotatable bonds is 8. The normalized spacial score (nSPS) is 18.4. The van der Waals surface area contributed by atoms with Crippen molar-refractivity contribution in [2.24, 2.45) is 13.0 Å². The maximum absolute atomic E-state index is 13.5. The Bertz CT molecular complexity index is 1480. The zero-order valence-electron chi connectivity index (χ0n) is 20.7. The Morgan fingerprint density at radius 1 is 1.19 bits per heavy atom. The summed E-state index contributed by atoms with van der Waals surface area (Å²) in [5, 5.41) is 3.65. The zero-order chi connectivity index (χ0) is 25.6. The van der Waals surface area contributed by atoms with Crippen molar-refractivity contribution in [1.82, 2.24) is 14.3 Å². The Labute approximate surface area is 209 Å². The van der Waals surface area contributed by atoms with Crippen LogP contribution in [0.2, 0.25) is 0 Å². The SMILES string of the molecule is CN(c1ccccc1Nc1cc(CC(=O)C2CC2)nc2c1c(=O)n(C)n2C1CCCCO1)S(C)(=O)=O. The third-order valence-electron chi connectivity index (χ3n) is 6.93. The zero-order valence-corrected chi connectivity index (χ0v) is 21.5. The molecule has 0 radical (unpaired) electrons. The van der Waals surface area contributed by atoms with E-state index in [0.717, 1.165) is 38.4 Å². The molecule has 5 rings (SSSR count). The number of ether oxygens (including phenoxy) is 1. The standard InChI is InChI=1S/C25H31N5O5S/c1-28-25(32)23-19(27-18-8-4-5-9-20(18)29(2)36(3,33)34)14-17(15-21(31)16-11-12-16)26-24(23)30(28)22-10-6-7-13-35-22/h4-5,8-9,14,16,22H,6-7,10-13,15H2,1-3H3,(H,26,27). The predicted molar refractivity (Wildman–Crippen MR) is 138 cm³/mol. The van der Waals surface area contributed by atoms with Crippen molar-refractivity contribution in [2.45, 2.75) is 44.8 Å². The molecule has 1 aliphatic carbocycles. The first kappa shape index (κ1) is 24.5. The number of benzene rings is 1. The summed E-state index contributed by atoms with van der Waals surface area (Å²) in [5.74, 6) is 0.228. The number of hydrogen-bond donors (Lipinski definition) is 1. The van der Waals surface area contributed by atoms with Gasteiger partial charge in [-0.05, 0) is 50.3 Å². The van der Waals surface area contributed by atoms with Crippen LogP contribution in [0, 0.1) is 5.92 Å². The number of hydrogen-bond acceptors (Lipinski definition) is 7. The van der Waals surface area contributed by atoms with Gasteiger partial charge in [-0.1, -0.05) is 12.1 Å². The monoisotopic (exact) mass is 513 g/mol. The molecule has 2 fully saturated rings. The van der Waals surface area contributed by atoms with E-state index in [9.17, 15) is 18.0 Å². The van der Waals surface area contributed by atoms with Crippen LogP contribution in [0.25, 0.3) is 11.0 Å². The first-order chi connectivity index (χ1) is 17.1. The Kier molecular flexibility index (Phi) is 6.37. The van der Waals surface area contributed by atoms with Crippen molar-refractivity contribution in [1.29, 1.82) is 0 Å². The van der Waals surface area contributed by atoms with E-state index in [4.69, 9.17) is 9.72 Å². The minimum atomic E-state index is -3.52. The van der Waals surface area contributed by atoms with Gasteiger partial charge in [0.2, 0.25) is 10.0 Å². The lowest BCUT2D eigenvalue weighted by molar-refractivity contribution is -0.119. The lowest BCUT2D eigenvalue weighted by Gasteiger charge is -2.25. The predicted octanol–water partition coefficient (Wildman–Crippen LogP) is 3.10. The van der Waals surface area contributed by atoms with Crippen molar-refractivity contribution in [3.05, 3.63) is 46.4 Å². The Morgan fingerprint density at radius 3 is 2.61 bits per heavy atom. The highest BCUT2D eigenvalue weighted by molar-refractivity contribution is 7.92. The fourth-order valence-electron chi connectivity index (χ4n) is 4.70. The van der Waals surface area contributed by atoms with E-state index in [1.165, 1.54) is 16.0 Å². The van der Waals surface area contributed by atoms with Crippen molar-refractivity contribution >= 4 is 43.9 Å². The van der Waals surface area contributed by atoms with Crippen molar-refractivity contribution in [3.63, 3.8) is 0 Å². The molecule has 0 amide bonds. The molecule has 1 aliphatic heterocycles. The van der Waals surface area contributed by atoms with E-state index >= 15 is 0 Å². The molecule has 0 spiro atoms. The molecular formula is C25H31N5O5S. The number of carbonyl (C=O) groups is 1. The number of anilines is 3. The number of pyridine rings is 1. The highest BCUT2D eigenvalue weighted by Crippen LogP contribution is 2.35. The number of para-hydroxylation sites is 2. The molecule has 1 saturated heterocycles. The summed E-state index contributed by atoms with van der Waals surface area (Å²) in [6.07, 6.45) is 5.50. The Balaban J connectivity index is 1.66. The third-order valence-corrected chi connectivity index (χ3v) is 8.12. The first-order valence-corrected chi connectivity index (χ1v) is 14.1. The van der Waals surface area contributed by atoms with Crippen LogP contribution < -0.4 is 15.2 Å². The molecule has 2 aliphatic rings. The second kappa shape index (κ2) is 9.36. The molecule has 3 heterocycles. The summed E-state index contributed by atoms with van der Waals surface area (Å²) in [5.41, 5.74) is 2.19. The molecule has 3 aromatic rings. The van der Waals surface area contributed by atoms with Gasteiger partial charge in [0.25, 0.3) is 5.56 Å². The summed E-state index contributed by atoms with van der Waals surface area (Å²) in [6, 6.07) is 8.72. The number of Topliss-reactive ketones (excluding diaryl/α,β-unsaturated/α-hetero) is 1. The van der Waals surface area contributed by atoms with E-state index in [1.54, 1.807) is 42.1 Å². The fraction of sp³-hybridized carbons (Fsp3) is 0.480. The van der Waals surface area contributed by atoms with E-state index in [0.29, 0.717) is 40.4 Å². The summed E-state index contributed by atoms with van der Waals surface area (Å²) in [7, 11) is -0.349. The topological polar surface area (TPSA) is 116 Å². The van der Waals surface area contributed by atoms with Crippen LogP contribution >= 0.6 is 0 Å². The van der Waals surface area contributed by atoms with E-state index in [1.807, 2.05) is 0 Å². The summed E-state index contributed by atoms with van der Waals surface area (Å²) in [6.45, 7) is 0.606. The number of ketones is 1. The average Bonchev–Trinajstić information content (AvgIpc) is 3.66. The maximum atomic E-state index is 13.5. The number of nitrogens with zero attached hydrogens (tertiary/aromatic N) is 4. The smallest absolute Gasteiger partial charge is 0.278 e. The van der Waals surface area contributed by atoms with Crippen molar-refractivity contribution < 1.29 is 17.9 Å². The van der Waals surface area contributed by atoms with Crippen molar-refractivity contribution in [3.8, 4) is 0 Å². The van der Waals surface area contributed by atoms with Gasteiger partial charge in [0.1, 0.15) is 11.2 Å². The molecule has 1 aromatic carbocycles. The summed E-state index contributed by atoms with van der Waals surface area (Å²) < 4.78 is 35.0. The number of nitrogens with one attached hydrogen (secondary N) is 1. The van der Waals surface area contributed by atoms with Crippen molar-refractivity contribution in [2.75, 3.05) is 29.5 Å². The fourth-order valence-corrected chi connectivity index (χ4v) is 5.22. The van der Waals surface area contributed by atoms with Gasteiger partial charge >= 0.3 is 0 Å². The first-order valence-electron chi connectivity index (χ1n) is 12.2. The second-order valence-electron chi connectivity index (χ2n) is 9.64. The molecule has 10 nitrogen and oxygen atoms in total. The highest BCUT2D eigenvalue weighted by Gasteiger charge is 2.31. The van der Waals surface area contributed by atoms with E-state index in [-0.39, 0.29) is 29.9 Å². The van der Waals surface area contributed by atoms with Crippen LogP contribution in [0.15, 0.2) is 35.1 Å². The van der Waals surface area contributed by atoms with Crippen LogP contribution in [0.4, 0.5) is 17.1 Å². The largest absolute Gasteiger partial charge is 0.357 e. The molecule has 11 heteroatoms. The number of aromatic nitrogens is 3. The quantitative estimate of drug-likeness (QED) is 0.492. The number of carbonyl (C=O) groups excluding carboxylic acids is 1. The second-order valence-corrected chi connectivity index (χ2v) is 11.7. The highest BCUT2D eigenvalue weighted by atomic mass is 32.2. The van der Waals surface area contributed by atoms with Crippen LogP contribution in [-0.2, 0) is 33.0 Å². The molecule has 36 heavy (non-hydrogen) atoms. The number of fused-ring (bicyclic) bond motifs is 1. The summed E-state index contributed by atoms with van der Waals surface area (Å²) >= 11 is 0. The number of sulfonamides is 1. The lowest BCUT2D eigenvalue weighted by Crippen LogP contribution is -2.27. The van der Waals surface area contributed by atoms with Crippen LogP contribution in [-0.4, -0.2) is 48.5 Å². The van der Waals surface area contributed by atoms with E-state index < -0.39 is 10.0 Å². The van der Waals surface area contributed by atoms with Gasteiger partial charge in [-0.15, -0.1) is 0 Å². The molecular weight excluding hydrogens is 482 g/mol. The van der Waals surface area contributed by atoms with Crippen LogP contribution in [0.3, 0.4) is 0 Å². The van der Waals surface area contributed by atoms with Gasteiger partial charge in [-0.3, -0.25) is 13.9 Å². The van der Waals surface area contributed by atoms with E-state index in [2.05, 4.69) is 5.32 Å². The van der Waals surface area contributed by atoms with Gasteiger partial charge in [-0.25, -0.2) is 22.8 Å². The Hall–Kier alpha value is -3.18. The molecule has 1 saturated carbocycles. The third kappa shape index (κ3) is 4.64. The van der Waals surface area contributed by atoms with Gasteiger partial charge in [0.05, 0.1) is 29.0 Å². The lowest BCUT2D eigenvalue weighted by atomic mass is 10.1.